The van der Waals surface area contributed by atoms with E-state index in [1.54, 1.807) is 24.3 Å². The summed E-state index contributed by atoms with van der Waals surface area (Å²) in [6.07, 6.45) is 0. The van der Waals surface area contributed by atoms with Crippen LogP contribution in [0.1, 0.15) is 17.6 Å². The molecular formula is C19H21N3O4. The molecule has 1 aromatic carbocycles. The predicted octanol–water partition coefficient (Wildman–Crippen LogP) is 1.66. The van der Waals surface area contributed by atoms with E-state index >= 15 is 0 Å². The molecule has 7 nitrogen and oxygen atoms in total. The van der Waals surface area contributed by atoms with Gasteiger partial charge in [0, 0.05) is 13.1 Å². The Bertz CT molecular complexity index is 1030. The molecule has 1 atom stereocenters. The fraction of sp³-hybridized carbons (Fsp3) is 0.368. The summed E-state index contributed by atoms with van der Waals surface area (Å²) in [4.78, 5) is 30.4. The van der Waals surface area contributed by atoms with Crippen LogP contribution in [0.25, 0.3) is 10.9 Å². The van der Waals surface area contributed by atoms with E-state index in [-0.39, 0.29) is 18.1 Å². The van der Waals surface area contributed by atoms with Gasteiger partial charge >= 0.3 is 5.69 Å². The fourth-order valence-corrected chi connectivity index (χ4v) is 3.44. The maximum Gasteiger partial charge on any atom is 0.328 e. The van der Waals surface area contributed by atoms with E-state index in [0.29, 0.717) is 24.1 Å². The number of nitrogens with one attached hydrogen (secondary N) is 1. The second-order valence-corrected chi connectivity index (χ2v) is 6.50. The van der Waals surface area contributed by atoms with Gasteiger partial charge in [-0.1, -0.05) is 12.1 Å². The monoisotopic (exact) mass is 355 g/mol. The summed E-state index contributed by atoms with van der Waals surface area (Å²) in [6, 6.07) is 10.7. The third-order valence-corrected chi connectivity index (χ3v) is 4.82. The molecule has 1 aliphatic heterocycles. The van der Waals surface area contributed by atoms with Crippen LogP contribution in [0.5, 0.6) is 0 Å². The van der Waals surface area contributed by atoms with Crippen molar-refractivity contribution in [2.45, 2.75) is 19.5 Å². The Kier molecular flexibility index (Phi) is 4.48. The topological polar surface area (TPSA) is 80.5 Å². The van der Waals surface area contributed by atoms with Crippen molar-refractivity contribution in [1.29, 1.82) is 0 Å². The summed E-state index contributed by atoms with van der Waals surface area (Å²) in [5.74, 6) is 1.56. The van der Waals surface area contributed by atoms with Gasteiger partial charge in [0.15, 0.2) is 0 Å². The first-order valence-electron chi connectivity index (χ1n) is 8.73. The minimum atomic E-state index is -0.407. The average molecular weight is 355 g/mol. The first-order chi connectivity index (χ1) is 12.6. The van der Waals surface area contributed by atoms with Crippen LogP contribution in [-0.2, 0) is 11.3 Å². The van der Waals surface area contributed by atoms with Gasteiger partial charge in [-0.25, -0.2) is 4.79 Å². The summed E-state index contributed by atoms with van der Waals surface area (Å²) in [5.41, 5.74) is -0.142. The van der Waals surface area contributed by atoms with Crippen molar-refractivity contribution < 1.29 is 9.15 Å². The van der Waals surface area contributed by atoms with Gasteiger partial charge in [-0.3, -0.25) is 14.3 Å². The zero-order valence-electron chi connectivity index (χ0n) is 14.6. The van der Waals surface area contributed by atoms with E-state index in [0.717, 1.165) is 24.6 Å². The minimum Gasteiger partial charge on any atom is -0.465 e. The third kappa shape index (κ3) is 3.11. The first-order valence-corrected chi connectivity index (χ1v) is 8.73. The standard InChI is InChI=1S/C19H21N3O4/c1-13-6-7-17(26-13)16(21-8-10-25-11-9-21)12-22-18(23)14-4-2-3-5-15(14)20-19(22)24/h2-7,16H,8-12H2,1H3,(H,20,24)/t16-/m1/s1. The highest BCUT2D eigenvalue weighted by Gasteiger charge is 2.27. The Hall–Kier alpha value is -2.64. The van der Waals surface area contributed by atoms with E-state index in [4.69, 9.17) is 9.15 Å². The van der Waals surface area contributed by atoms with Gasteiger partial charge in [0.05, 0.1) is 36.7 Å². The smallest absolute Gasteiger partial charge is 0.328 e. The molecule has 3 aromatic rings. The molecule has 0 radical (unpaired) electrons. The lowest BCUT2D eigenvalue weighted by Crippen LogP contribution is -2.44. The summed E-state index contributed by atoms with van der Waals surface area (Å²) < 4.78 is 12.5. The van der Waals surface area contributed by atoms with E-state index in [2.05, 4.69) is 9.88 Å². The Labute approximate surface area is 149 Å². The maximum atomic E-state index is 12.9. The maximum absolute atomic E-state index is 12.9. The number of rotatable bonds is 4. The number of morpholine rings is 1. The van der Waals surface area contributed by atoms with Crippen LogP contribution in [-0.4, -0.2) is 40.8 Å². The Balaban J connectivity index is 1.77. The number of furan rings is 1. The second-order valence-electron chi connectivity index (χ2n) is 6.50. The quantitative estimate of drug-likeness (QED) is 0.770. The van der Waals surface area contributed by atoms with Gasteiger partial charge in [-0.2, -0.15) is 0 Å². The average Bonchev–Trinajstić information content (AvgIpc) is 3.08. The Morgan fingerprint density at radius 1 is 1.12 bits per heavy atom. The minimum absolute atomic E-state index is 0.201. The van der Waals surface area contributed by atoms with Crippen molar-refractivity contribution in [2.75, 3.05) is 26.3 Å². The number of aromatic amines is 1. The molecular weight excluding hydrogens is 334 g/mol. The van der Waals surface area contributed by atoms with Crippen molar-refractivity contribution in [3.8, 4) is 0 Å². The fourth-order valence-electron chi connectivity index (χ4n) is 3.44. The van der Waals surface area contributed by atoms with E-state index < -0.39 is 5.69 Å². The molecule has 0 spiro atoms. The van der Waals surface area contributed by atoms with Gasteiger partial charge in [0.2, 0.25) is 0 Å². The van der Waals surface area contributed by atoms with Crippen LogP contribution >= 0.6 is 0 Å². The normalized spacial score (nSPS) is 16.8. The Morgan fingerprint density at radius 3 is 2.62 bits per heavy atom. The van der Waals surface area contributed by atoms with Crippen LogP contribution in [0.15, 0.2) is 50.4 Å². The summed E-state index contributed by atoms with van der Waals surface area (Å²) in [5, 5.41) is 0.503. The van der Waals surface area contributed by atoms with Crippen molar-refractivity contribution >= 4 is 10.9 Å². The lowest BCUT2D eigenvalue weighted by Gasteiger charge is -2.33. The van der Waals surface area contributed by atoms with Crippen molar-refractivity contribution in [3.05, 3.63) is 68.8 Å². The van der Waals surface area contributed by atoms with Crippen LogP contribution in [0.4, 0.5) is 0 Å². The van der Waals surface area contributed by atoms with Crippen LogP contribution in [0.3, 0.4) is 0 Å². The molecule has 3 heterocycles. The molecule has 7 heteroatoms. The molecule has 0 amide bonds. The largest absolute Gasteiger partial charge is 0.465 e. The van der Waals surface area contributed by atoms with Gasteiger partial charge in [-0.15, -0.1) is 0 Å². The van der Waals surface area contributed by atoms with Crippen LogP contribution in [0.2, 0.25) is 0 Å². The molecule has 1 N–H and O–H groups in total. The lowest BCUT2D eigenvalue weighted by atomic mass is 10.1. The molecule has 136 valence electrons. The highest BCUT2D eigenvalue weighted by molar-refractivity contribution is 5.76. The third-order valence-electron chi connectivity index (χ3n) is 4.82. The predicted molar refractivity (Wildman–Crippen MR) is 97.4 cm³/mol. The number of aromatic nitrogens is 2. The number of hydrogen-bond acceptors (Lipinski definition) is 5. The summed E-state index contributed by atoms with van der Waals surface area (Å²) in [6.45, 7) is 4.81. The molecule has 0 unspecified atom stereocenters. The van der Waals surface area contributed by atoms with Crippen LogP contribution in [0, 0.1) is 6.92 Å². The van der Waals surface area contributed by atoms with Crippen LogP contribution < -0.4 is 11.2 Å². The number of aryl methyl sites for hydroxylation is 1. The van der Waals surface area contributed by atoms with E-state index in [1.807, 2.05) is 19.1 Å². The Morgan fingerprint density at radius 2 is 1.88 bits per heavy atom. The summed E-state index contributed by atoms with van der Waals surface area (Å²) in [7, 11) is 0. The molecule has 1 aliphatic rings. The molecule has 0 bridgehead atoms. The van der Waals surface area contributed by atoms with Gasteiger partial charge in [0.1, 0.15) is 11.5 Å². The van der Waals surface area contributed by atoms with Crippen molar-refractivity contribution in [3.63, 3.8) is 0 Å². The number of H-pyrrole nitrogens is 1. The second kappa shape index (κ2) is 6.93. The zero-order valence-corrected chi connectivity index (χ0v) is 14.6. The molecule has 0 aliphatic carbocycles. The number of para-hydroxylation sites is 1. The zero-order chi connectivity index (χ0) is 18.1. The first kappa shape index (κ1) is 16.8. The highest BCUT2D eigenvalue weighted by atomic mass is 16.5. The van der Waals surface area contributed by atoms with E-state index in [9.17, 15) is 9.59 Å². The van der Waals surface area contributed by atoms with Crippen molar-refractivity contribution in [1.82, 2.24) is 14.5 Å². The van der Waals surface area contributed by atoms with E-state index in [1.165, 1.54) is 4.57 Å². The number of fused-ring (bicyclic) bond motifs is 1. The molecule has 2 aromatic heterocycles. The van der Waals surface area contributed by atoms with Gasteiger partial charge in [0.25, 0.3) is 5.56 Å². The SMILES string of the molecule is Cc1ccc([C@@H](Cn2c(=O)[nH]c3ccccc3c2=O)N2CCOCC2)o1. The van der Waals surface area contributed by atoms with Crippen molar-refractivity contribution in [2.24, 2.45) is 0 Å². The highest BCUT2D eigenvalue weighted by Crippen LogP contribution is 2.25. The molecule has 1 fully saturated rings. The number of ether oxygens (including phenoxy) is 1. The number of nitrogens with zero attached hydrogens (tertiary/aromatic N) is 2. The molecule has 1 saturated heterocycles. The number of benzene rings is 1. The lowest BCUT2D eigenvalue weighted by molar-refractivity contribution is 0.00689. The molecule has 26 heavy (non-hydrogen) atoms. The summed E-state index contributed by atoms with van der Waals surface area (Å²) >= 11 is 0. The number of hydrogen-bond donors (Lipinski definition) is 1. The molecule has 0 saturated carbocycles. The van der Waals surface area contributed by atoms with Gasteiger partial charge in [-0.05, 0) is 31.2 Å². The molecule has 4 rings (SSSR count). The van der Waals surface area contributed by atoms with Gasteiger partial charge < -0.3 is 14.1 Å².